The van der Waals surface area contributed by atoms with Crippen molar-refractivity contribution >= 4 is 0 Å². The molecular formula is C18H30N2O. The zero-order valence-electron chi connectivity index (χ0n) is 13.7. The zero-order valence-corrected chi connectivity index (χ0v) is 13.7. The third kappa shape index (κ3) is 5.10. The molecule has 0 radical (unpaired) electrons. The van der Waals surface area contributed by atoms with Crippen molar-refractivity contribution in [2.24, 2.45) is 0 Å². The van der Waals surface area contributed by atoms with E-state index in [0.717, 1.165) is 26.2 Å². The molecule has 0 aromatic heterocycles. The van der Waals surface area contributed by atoms with Crippen molar-refractivity contribution < 1.29 is 4.74 Å². The number of hydrogen-bond donors (Lipinski definition) is 1. The molecule has 2 atom stereocenters. The Labute approximate surface area is 129 Å². The summed E-state index contributed by atoms with van der Waals surface area (Å²) in [6, 6.07) is 11.9. The molecule has 0 bridgehead atoms. The van der Waals surface area contributed by atoms with Crippen LogP contribution >= 0.6 is 0 Å². The smallest absolute Gasteiger partial charge is 0.0597 e. The zero-order chi connectivity index (χ0) is 15.1. The van der Waals surface area contributed by atoms with Crippen molar-refractivity contribution in [3.8, 4) is 0 Å². The van der Waals surface area contributed by atoms with Gasteiger partial charge in [0.05, 0.1) is 12.7 Å². The molecule has 1 N–H and O–H groups in total. The van der Waals surface area contributed by atoms with Crippen LogP contribution in [0.15, 0.2) is 30.3 Å². The van der Waals surface area contributed by atoms with E-state index in [4.69, 9.17) is 4.74 Å². The first kappa shape index (κ1) is 16.5. The minimum absolute atomic E-state index is 0.314. The molecule has 1 aromatic rings. The Morgan fingerprint density at radius 2 is 2.05 bits per heavy atom. The Bertz CT molecular complexity index is 393. The second-order valence-electron chi connectivity index (χ2n) is 6.23. The van der Waals surface area contributed by atoms with Crippen LogP contribution in [0.3, 0.4) is 0 Å². The lowest BCUT2D eigenvalue weighted by atomic mass is 9.99. The summed E-state index contributed by atoms with van der Waals surface area (Å²) in [4.78, 5) is 2.59. The molecule has 1 saturated heterocycles. The second kappa shape index (κ2) is 8.52. The molecule has 1 fully saturated rings. The standard InChI is InChI=1S/C18H30N2O/c1-4-8-17-14-20(11-12-21-15(2)3)18(13-19-17)16-9-6-5-7-10-16/h5-7,9-10,15,17-19H,4,8,11-14H2,1-3H3. The van der Waals surface area contributed by atoms with Crippen LogP contribution in [0.5, 0.6) is 0 Å². The summed E-state index contributed by atoms with van der Waals surface area (Å²) in [6.45, 7) is 10.5. The fourth-order valence-corrected chi connectivity index (χ4v) is 3.08. The number of piperazine rings is 1. The first-order valence-electron chi connectivity index (χ1n) is 8.34. The van der Waals surface area contributed by atoms with E-state index in [9.17, 15) is 0 Å². The van der Waals surface area contributed by atoms with E-state index in [1.54, 1.807) is 0 Å². The van der Waals surface area contributed by atoms with Gasteiger partial charge in [0.15, 0.2) is 0 Å². The van der Waals surface area contributed by atoms with Gasteiger partial charge in [0, 0.05) is 31.7 Å². The molecule has 1 heterocycles. The van der Waals surface area contributed by atoms with Crippen LogP contribution < -0.4 is 5.32 Å². The third-order valence-electron chi connectivity index (χ3n) is 4.15. The highest BCUT2D eigenvalue weighted by molar-refractivity contribution is 5.20. The maximum atomic E-state index is 5.76. The summed E-state index contributed by atoms with van der Waals surface area (Å²) in [6.07, 6.45) is 2.81. The van der Waals surface area contributed by atoms with Gasteiger partial charge in [-0.05, 0) is 25.8 Å². The fraction of sp³-hybridized carbons (Fsp3) is 0.667. The molecule has 3 nitrogen and oxygen atoms in total. The van der Waals surface area contributed by atoms with Crippen LogP contribution in [0.4, 0.5) is 0 Å². The van der Waals surface area contributed by atoms with E-state index in [0.29, 0.717) is 18.2 Å². The minimum atomic E-state index is 0.314. The van der Waals surface area contributed by atoms with E-state index >= 15 is 0 Å². The van der Waals surface area contributed by atoms with Crippen LogP contribution in [0.2, 0.25) is 0 Å². The Balaban J connectivity index is 1.99. The lowest BCUT2D eigenvalue weighted by Gasteiger charge is -2.40. The Hall–Kier alpha value is -0.900. The Kier molecular flexibility index (Phi) is 6.68. The number of nitrogens with zero attached hydrogens (tertiary/aromatic N) is 1. The van der Waals surface area contributed by atoms with Crippen LogP contribution in [-0.2, 0) is 4.74 Å². The predicted molar refractivity (Wildman–Crippen MR) is 88.5 cm³/mol. The number of nitrogens with one attached hydrogen (secondary N) is 1. The highest BCUT2D eigenvalue weighted by atomic mass is 16.5. The molecule has 1 aliphatic heterocycles. The van der Waals surface area contributed by atoms with Crippen LogP contribution in [0, 0.1) is 0 Å². The van der Waals surface area contributed by atoms with Crippen molar-refractivity contribution in [1.29, 1.82) is 0 Å². The van der Waals surface area contributed by atoms with E-state index < -0.39 is 0 Å². The maximum absolute atomic E-state index is 5.76. The van der Waals surface area contributed by atoms with Crippen molar-refractivity contribution in [2.45, 2.75) is 51.8 Å². The van der Waals surface area contributed by atoms with Gasteiger partial charge >= 0.3 is 0 Å². The average Bonchev–Trinajstić information content (AvgIpc) is 2.48. The first-order valence-corrected chi connectivity index (χ1v) is 8.34. The summed E-state index contributed by atoms with van der Waals surface area (Å²) in [7, 11) is 0. The van der Waals surface area contributed by atoms with E-state index in [1.807, 2.05) is 0 Å². The van der Waals surface area contributed by atoms with Gasteiger partial charge in [-0.15, -0.1) is 0 Å². The van der Waals surface area contributed by atoms with E-state index in [-0.39, 0.29) is 0 Å². The summed E-state index contributed by atoms with van der Waals surface area (Å²) in [5.74, 6) is 0. The molecule has 0 spiro atoms. The largest absolute Gasteiger partial charge is 0.377 e. The van der Waals surface area contributed by atoms with Gasteiger partial charge in [-0.25, -0.2) is 0 Å². The summed E-state index contributed by atoms with van der Waals surface area (Å²) in [5.41, 5.74) is 1.41. The molecule has 118 valence electrons. The van der Waals surface area contributed by atoms with Gasteiger partial charge in [0.1, 0.15) is 0 Å². The van der Waals surface area contributed by atoms with Crippen molar-refractivity contribution in [3.05, 3.63) is 35.9 Å². The van der Waals surface area contributed by atoms with Crippen molar-refractivity contribution in [3.63, 3.8) is 0 Å². The summed E-state index contributed by atoms with van der Waals surface area (Å²) < 4.78 is 5.76. The average molecular weight is 290 g/mol. The molecule has 0 saturated carbocycles. The quantitative estimate of drug-likeness (QED) is 0.834. The van der Waals surface area contributed by atoms with Crippen LogP contribution in [-0.4, -0.2) is 43.3 Å². The van der Waals surface area contributed by atoms with Gasteiger partial charge in [0.25, 0.3) is 0 Å². The molecule has 1 aromatic carbocycles. The second-order valence-corrected chi connectivity index (χ2v) is 6.23. The minimum Gasteiger partial charge on any atom is -0.377 e. The van der Waals surface area contributed by atoms with Gasteiger partial charge < -0.3 is 10.1 Å². The van der Waals surface area contributed by atoms with E-state index in [2.05, 4.69) is 61.3 Å². The maximum Gasteiger partial charge on any atom is 0.0597 e. The topological polar surface area (TPSA) is 24.5 Å². The lowest BCUT2D eigenvalue weighted by Crippen LogP contribution is -2.53. The molecule has 2 unspecified atom stereocenters. The summed E-state index contributed by atoms with van der Waals surface area (Å²) >= 11 is 0. The molecule has 0 amide bonds. The van der Waals surface area contributed by atoms with Crippen molar-refractivity contribution in [1.82, 2.24) is 10.2 Å². The van der Waals surface area contributed by atoms with Crippen LogP contribution in [0.1, 0.15) is 45.2 Å². The predicted octanol–water partition coefficient (Wildman–Crippen LogP) is 3.23. The Morgan fingerprint density at radius 1 is 1.29 bits per heavy atom. The van der Waals surface area contributed by atoms with Crippen LogP contribution in [0.25, 0.3) is 0 Å². The number of ether oxygens (including phenoxy) is 1. The highest BCUT2D eigenvalue weighted by Gasteiger charge is 2.28. The monoisotopic (exact) mass is 290 g/mol. The SMILES string of the molecule is CCCC1CN(CCOC(C)C)C(c2ccccc2)CN1. The summed E-state index contributed by atoms with van der Waals surface area (Å²) in [5, 5.41) is 3.72. The fourth-order valence-electron chi connectivity index (χ4n) is 3.08. The normalized spacial score (nSPS) is 23.6. The van der Waals surface area contributed by atoms with Gasteiger partial charge in [0.2, 0.25) is 0 Å². The third-order valence-corrected chi connectivity index (χ3v) is 4.15. The number of benzene rings is 1. The molecule has 0 aliphatic carbocycles. The van der Waals surface area contributed by atoms with Gasteiger partial charge in [-0.1, -0.05) is 43.7 Å². The lowest BCUT2D eigenvalue weighted by molar-refractivity contribution is 0.0355. The Morgan fingerprint density at radius 3 is 2.71 bits per heavy atom. The molecule has 1 aliphatic rings. The molecule has 21 heavy (non-hydrogen) atoms. The van der Waals surface area contributed by atoms with Crippen molar-refractivity contribution in [2.75, 3.05) is 26.2 Å². The molecule has 2 rings (SSSR count). The first-order chi connectivity index (χ1) is 10.2. The number of hydrogen-bond acceptors (Lipinski definition) is 3. The molecular weight excluding hydrogens is 260 g/mol. The van der Waals surface area contributed by atoms with Gasteiger partial charge in [-0.3, -0.25) is 4.90 Å². The highest BCUT2D eigenvalue weighted by Crippen LogP contribution is 2.24. The van der Waals surface area contributed by atoms with E-state index in [1.165, 1.54) is 18.4 Å². The van der Waals surface area contributed by atoms with Gasteiger partial charge in [-0.2, -0.15) is 0 Å². The number of rotatable bonds is 7. The molecule has 3 heteroatoms.